The molecule has 0 aliphatic heterocycles. The number of benzene rings is 2. The third kappa shape index (κ3) is 5.82. The normalized spacial score (nSPS) is 10.3. The van der Waals surface area contributed by atoms with E-state index in [0.717, 1.165) is 5.30 Å². The minimum Gasteiger partial charge on any atom is -0.496 e. The van der Waals surface area contributed by atoms with Gasteiger partial charge in [-0.05, 0) is 34.6 Å². The molecule has 28 heavy (non-hydrogen) atoms. The molecule has 0 aliphatic rings. The molecule has 2 aromatic rings. The summed E-state index contributed by atoms with van der Waals surface area (Å²) in [7, 11) is 4.41. The zero-order valence-electron chi connectivity index (χ0n) is 17.3. The zero-order valence-corrected chi connectivity index (χ0v) is 18.3. The molecule has 0 saturated heterocycles. The van der Waals surface area contributed by atoms with Gasteiger partial charge in [0, 0.05) is 42.4 Å². The van der Waals surface area contributed by atoms with Crippen molar-refractivity contribution >= 4 is 38.3 Å². The van der Waals surface area contributed by atoms with Crippen molar-refractivity contribution in [2.75, 3.05) is 34.5 Å². The molecule has 147 valence electrons. The molecule has 0 saturated carbocycles. The second-order valence-corrected chi connectivity index (χ2v) is 6.63. The van der Waals surface area contributed by atoms with Crippen molar-refractivity contribution in [1.29, 1.82) is 0 Å². The Kier molecular flexibility index (Phi) is 10.2. The average molecular weight is 399 g/mol. The molecule has 0 aliphatic carbocycles. The van der Waals surface area contributed by atoms with Crippen molar-refractivity contribution in [2.24, 2.45) is 0 Å². The van der Waals surface area contributed by atoms with E-state index in [-0.39, 0.29) is 33.0 Å². The monoisotopic (exact) mass is 399 g/mol. The number of hydrogen-bond acceptors (Lipinski definition) is 6. The summed E-state index contributed by atoms with van der Waals surface area (Å²) in [6.07, 6.45) is 0. The van der Waals surface area contributed by atoms with Crippen LogP contribution in [-0.4, -0.2) is 58.9 Å². The number of rotatable bonds is 10. The topological polar surface area (TPSA) is 63.2 Å². The molecule has 2 aromatic carbocycles. The maximum absolute atomic E-state index is 13.1. The van der Waals surface area contributed by atoms with Crippen LogP contribution in [0, 0.1) is 0 Å². The maximum atomic E-state index is 13.1. The molecule has 0 spiro atoms. The molecular formula is C20H25LiO6P. The minimum atomic E-state index is -0.161. The number of methoxy groups -OCH3 is 3. The van der Waals surface area contributed by atoms with E-state index in [9.17, 15) is 4.79 Å². The molecule has 0 amide bonds. The van der Waals surface area contributed by atoms with E-state index >= 15 is 0 Å². The van der Waals surface area contributed by atoms with Crippen molar-refractivity contribution in [3.8, 4) is 28.7 Å². The fourth-order valence-electron chi connectivity index (χ4n) is 2.55. The summed E-state index contributed by atoms with van der Waals surface area (Å²) in [5.74, 6) is 2.72. The van der Waals surface area contributed by atoms with Crippen LogP contribution < -0.4 is 29.0 Å². The summed E-state index contributed by atoms with van der Waals surface area (Å²) in [4.78, 5) is 13.1. The Hall–Kier alpha value is -1.86. The van der Waals surface area contributed by atoms with E-state index in [1.807, 2.05) is 32.0 Å². The van der Waals surface area contributed by atoms with Gasteiger partial charge in [0.15, 0.2) is 5.52 Å². The Balaban J connectivity index is 0.00000392. The van der Waals surface area contributed by atoms with Gasteiger partial charge < -0.3 is 23.7 Å². The first-order valence-corrected chi connectivity index (χ1v) is 9.58. The largest absolute Gasteiger partial charge is 0.496 e. The van der Waals surface area contributed by atoms with Crippen LogP contribution in [0.1, 0.15) is 24.2 Å². The fourth-order valence-corrected chi connectivity index (χ4v) is 3.60. The second-order valence-electron chi connectivity index (χ2n) is 5.39. The van der Waals surface area contributed by atoms with Crippen molar-refractivity contribution < 1.29 is 28.5 Å². The van der Waals surface area contributed by atoms with Crippen molar-refractivity contribution in [2.45, 2.75) is 13.8 Å². The number of carbonyl (C=O) groups excluding carboxylic acids is 1. The molecule has 0 aromatic heterocycles. The van der Waals surface area contributed by atoms with Gasteiger partial charge in [0.05, 0.1) is 34.5 Å². The van der Waals surface area contributed by atoms with Crippen molar-refractivity contribution in [3.63, 3.8) is 0 Å². The molecule has 0 bridgehead atoms. The van der Waals surface area contributed by atoms with E-state index in [1.54, 1.807) is 19.2 Å². The Morgan fingerprint density at radius 3 is 1.89 bits per heavy atom. The molecule has 1 radical (unpaired) electrons. The van der Waals surface area contributed by atoms with Gasteiger partial charge in [-0.2, -0.15) is 0 Å². The minimum absolute atomic E-state index is 0. The van der Waals surface area contributed by atoms with Gasteiger partial charge >= 0.3 is 0 Å². The van der Waals surface area contributed by atoms with E-state index in [0.29, 0.717) is 47.5 Å². The molecule has 2 rings (SSSR count). The quantitative estimate of drug-likeness (QED) is 0.451. The Labute approximate surface area is 179 Å². The van der Waals surface area contributed by atoms with E-state index in [4.69, 9.17) is 23.7 Å². The summed E-state index contributed by atoms with van der Waals surface area (Å²) in [5, 5.41) is 0.797. The standard InChI is InChI=1S/C20H25O6P.Li/c1-6-25-13-8-9-18(15(10-13)26-7-2)27-20(21)19-16(23-4)11-14(22-3)12-17(19)24-5;/h8-12,27H,6-7H2,1-5H3;. The number of carbonyl (C=O) groups is 1. The zero-order chi connectivity index (χ0) is 19.8. The van der Waals surface area contributed by atoms with Crippen LogP contribution in [-0.2, 0) is 0 Å². The van der Waals surface area contributed by atoms with Gasteiger partial charge in [0.2, 0.25) is 0 Å². The van der Waals surface area contributed by atoms with Gasteiger partial charge in [-0.3, -0.25) is 4.79 Å². The maximum Gasteiger partial charge on any atom is 0.193 e. The predicted octanol–water partition coefficient (Wildman–Crippen LogP) is 3.27. The first-order chi connectivity index (χ1) is 13.1. The number of hydrogen-bond donors (Lipinski definition) is 0. The van der Waals surface area contributed by atoms with E-state index in [1.165, 1.54) is 14.2 Å². The van der Waals surface area contributed by atoms with Gasteiger partial charge in [0.1, 0.15) is 34.3 Å². The third-order valence-electron chi connectivity index (χ3n) is 3.75. The molecule has 0 heterocycles. The van der Waals surface area contributed by atoms with Gasteiger partial charge in [-0.25, -0.2) is 0 Å². The van der Waals surface area contributed by atoms with Gasteiger partial charge in [-0.1, -0.05) is 0 Å². The van der Waals surface area contributed by atoms with Crippen LogP contribution in [0.2, 0.25) is 0 Å². The van der Waals surface area contributed by atoms with Gasteiger partial charge in [-0.15, -0.1) is 0 Å². The van der Waals surface area contributed by atoms with Crippen LogP contribution in [0.25, 0.3) is 0 Å². The van der Waals surface area contributed by atoms with Crippen LogP contribution in [0.15, 0.2) is 30.3 Å². The van der Waals surface area contributed by atoms with Crippen LogP contribution >= 0.6 is 8.58 Å². The summed E-state index contributed by atoms with van der Waals surface area (Å²) in [6.45, 7) is 4.88. The Bertz CT molecular complexity index is 771. The van der Waals surface area contributed by atoms with E-state index in [2.05, 4.69) is 0 Å². The molecule has 8 heteroatoms. The molecule has 1 unspecified atom stereocenters. The van der Waals surface area contributed by atoms with Crippen LogP contribution in [0.5, 0.6) is 28.7 Å². The molecule has 0 fully saturated rings. The average Bonchev–Trinajstić information content (AvgIpc) is 2.69. The summed E-state index contributed by atoms with van der Waals surface area (Å²) in [6, 6.07) is 8.84. The third-order valence-corrected chi connectivity index (χ3v) is 4.91. The smallest absolute Gasteiger partial charge is 0.193 e. The summed E-state index contributed by atoms with van der Waals surface area (Å²) < 4.78 is 27.2. The van der Waals surface area contributed by atoms with Crippen molar-refractivity contribution in [1.82, 2.24) is 0 Å². The van der Waals surface area contributed by atoms with E-state index < -0.39 is 0 Å². The van der Waals surface area contributed by atoms with Gasteiger partial charge in [0.25, 0.3) is 0 Å². The van der Waals surface area contributed by atoms with Crippen LogP contribution in [0.4, 0.5) is 0 Å². The molecule has 0 N–H and O–H groups in total. The second kappa shape index (κ2) is 11.9. The number of ether oxygens (including phenoxy) is 5. The predicted molar refractivity (Wildman–Crippen MR) is 113 cm³/mol. The SMILES string of the molecule is CCOc1ccc(PC(=O)c2c(OC)cc(OC)cc2OC)c(OCC)c1.[Li]. The van der Waals surface area contributed by atoms with Crippen molar-refractivity contribution in [3.05, 3.63) is 35.9 Å². The fraction of sp³-hybridized carbons (Fsp3) is 0.350. The first kappa shape index (κ1) is 24.2. The molecule has 6 nitrogen and oxygen atoms in total. The Morgan fingerprint density at radius 2 is 1.39 bits per heavy atom. The summed E-state index contributed by atoms with van der Waals surface area (Å²) >= 11 is 0. The summed E-state index contributed by atoms with van der Waals surface area (Å²) in [5.41, 5.74) is 0.270. The van der Waals surface area contributed by atoms with Crippen LogP contribution in [0.3, 0.4) is 0 Å². The molecular weight excluding hydrogens is 374 g/mol. The molecule has 1 atom stereocenters. The Morgan fingerprint density at radius 1 is 0.821 bits per heavy atom. The first-order valence-electron chi connectivity index (χ1n) is 8.58.